The highest BCUT2D eigenvalue weighted by molar-refractivity contribution is 6.83. The van der Waals surface area contributed by atoms with Gasteiger partial charge in [-0.1, -0.05) is 80.3 Å². The fourth-order valence-corrected chi connectivity index (χ4v) is 5.40. The third-order valence-corrected chi connectivity index (χ3v) is 6.87. The SMILES string of the molecule is CC1C=Cc2c(CC3C=CC=C3[Si](C)(C)C)cccc21. The molecule has 0 heterocycles. The zero-order chi connectivity index (χ0) is 14.3. The summed E-state index contributed by atoms with van der Waals surface area (Å²) in [5, 5.41) is 1.70. The van der Waals surface area contributed by atoms with E-state index in [9.17, 15) is 0 Å². The minimum absolute atomic E-state index is 0.580. The van der Waals surface area contributed by atoms with Gasteiger partial charge < -0.3 is 0 Å². The molecule has 0 N–H and O–H groups in total. The van der Waals surface area contributed by atoms with Crippen molar-refractivity contribution in [3.63, 3.8) is 0 Å². The van der Waals surface area contributed by atoms with Crippen molar-refractivity contribution in [3.05, 3.63) is 64.4 Å². The maximum atomic E-state index is 2.45. The van der Waals surface area contributed by atoms with Gasteiger partial charge in [-0.15, -0.1) is 0 Å². The van der Waals surface area contributed by atoms with E-state index in [0.29, 0.717) is 11.8 Å². The maximum absolute atomic E-state index is 2.45. The molecule has 0 bridgehead atoms. The first-order valence-corrected chi connectivity index (χ1v) is 11.2. The fraction of sp³-hybridized carbons (Fsp3) is 0.368. The minimum atomic E-state index is -1.20. The average molecular weight is 280 g/mol. The first kappa shape index (κ1) is 13.6. The summed E-state index contributed by atoms with van der Waals surface area (Å²) in [4.78, 5) is 0. The van der Waals surface area contributed by atoms with Gasteiger partial charge in [0.15, 0.2) is 0 Å². The van der Waals surface area contributed by atoms with Crippen molar-refractivity contribution >= 4 is 14.1 Å². The Hall–Kier alpha value is -1.34. The molecular weight excluding hydrogens is 256 g/mol. The summed E-state index contributed by atoms with van der Waals surface area (Å²) in [7, 11) is -1.20. The van der Waals surface area contributed by atoms with Crippen LogP contribution in [0, 0.1) is 5.92 Å². The Balaban J connectivity index is 1.89. The van der Waals surface area contributed by atoms with E-state index in [2.05, 4.69) is 75.1 Å². The zero-order valence-corrected chi connectivity index (χ0v) is 14.0. The number of benzene rings is 1. The van der Waals surface area contributed by atoms with Crippen molar-refractivity contribution in [2.24, 2.45) is 5.92 Å². The molecule has 0 aliphatic heterocycles. The Morgan fingerprint density at radius 2 is 1.90 bits per heavy atom. The van der Waals surface area contributed by atoms with Crippen molar-refractivity contribution < 1.29 is 0 Å². The highest BCUT2D eigenvalue weighted by Crippen LogP contribution is 2.36. The van der Waals surface area contributed by atoms with Gasteiger partial charge in [0.1, 0.15) is 0 Å². The maximum Gasteiger partial charge on any atom is 0.0732 e. The molecule has 0 radical (unpaired) electrons. The lowest BCUT2D eigenvalue weighted by Crippen LogP contribution is -2.28. The first-order chi connectivity index (χ1) is 9.47. The fourth-order valence-electron chi connectivity index (χ4n) is 3.50. The van der Waals surface area contributed by atoms with Crippen molar-refractivity contribution in [2.75, 3.05) is 0 Å². The number of hydrogen-bond donors (Lipinski definition) is 0. The molecule has 0 amide bonds. The van der Waals surface area contributed by atoms with Crippen molar-refractivity contribution in [2.45, 2.75) is 38.9 Å². The molecule has 0 saturated carbocycles. The highest BCUT2D eigenvalue weighted by atomic mass is 28.3. The average Bonchev–Trinajstić information content (AvgIpc) is 2.97. The third kappa shape index (κ3) is 2.35. The molecule has 0 spiro atoms. The van der Waals surface area contributed by atoms with E-state index in [1.54, 1.807) is 5.20 Å². The molecule has 1 aromatic rings. The van der Waals surface area contributed by atoms with Gasteiger partial charge in [-0.25, -0.2) is 0 Å². The van der Waals surface area contributed by atoms with E-state index in [4.69, 9.17) is 0 Å². The summed E-state index contributed by atoms with van der Waals surface area (Å²) in [6, 6.07) is 6.83. The van der Waals surface area contributed by atoms with Crippen molar-refractivity contribution in [1.29, 1.82) is 0 Å². The van der Waals surface area contributed by atoms with Gasteiger partial charge in [0.2, 0.25) is 0 Å². The number of rotatable bonds is 3. The Labute approximate surface area is 123 Å². The summed E-state index contributed by atoms with van der Waals surface area (Å²) < 4.78 is 0. The molecule has 2 atom stereocenters. The van der Waals surface area contributed by atoms with Crippen LogP contribution in [0.15, 0.2) is 47.7 Å². The van der Waals surface area contributed by atoms with Crippen LogP contribution in [0.25, 0.3) is 6.08 Å². The quantitative estimate of drug-likeness (QED) is 0.655. The molecule has 2 aliphatic carbocycles. The lowest BCUT2D eigenvalue weighted by atomic mass is 9.93. The monoisotopic (exact) mass is 280 g/mol. The van der Waals surface area contributed by atoms with E-state index in [1.807, 2.05) is 0 Å². The normalized spacial score (nSPS) is 24.1. The number of hydrogen-bond acceptors (Lipinski definition) is 0. The molecule has 20 heavy (non-hydrogen) atoms. The van der Waals surface area contributed by atoms with Crippen LogP contribution >= 0.6 is 0 Å². The van der Waals surface area contributed by atoms with Gasteiger partial charge in [-0.3, -0.25) is 0 Å². The zero-order valence-electron chi connectivity index (χ0n) is 13.0. The molecule has 0 saturated heterocycles. The Morgan fingerprint density at radius 3 is 2.65 bits per heavy atom. The Bertz CT molecular complexity index is 611. The van der Waals surface area contributed by atoms with Gasteiger partial charge in [0.25, 0.3) is 0 Å². The van der Waals surface area contributed by atoms with E-state index in [1.165, 1.54) is 16.7 Å². The standard InChI is InChI=1S/C19H24Si/c1-14-11-12-18-15(7-5-9-17(14)18)13-16-8-6-10-19(16)20(2,3)4/h5-12,14,16H,13H2,1-4H3. The van der Waals surface area contributed by atoms with Crippen molar-refractivity contribution in [1.82, 2.24) is 0 Å². The lowest BCUT2D eigenvalue weighted by Gasteiger charge is -2.25. The molecule has 3 rings (SSSR count). The summed E-state index contributed by atoms with van der Waals surface area (Å²) in [6.45, 7) is 9.65. The largest absolute Gasteiger partial charge is 0.0774 e. The van der Waals surface area contributed by atoms with Crippen LogP contribution < -0.4 is 0 Å². The third-order valence-electron chi connectivity index (χ3n) is 4.60. The predicted octanol–water partition coefficient (Wildman–Crippen LogP) is 5.35. The summed E-state index contributed by atoms with van der Waals surface area (Å²) in [6.07, 6.45) is 12.8. The van der Waals surface area contributed by atoms with Crippen LogP contribution in [0.4, 0.5) is 0 Å². The van der Waals surface area contributed by atoms with E-state index in [0.717, 1.165) is 6.42 Å². The van der Waals surface area contributed by atoms with E-state index >= 15 is 0 Å². The molecule has 0 aromatic heterocycles. The van der Waals surface area contributed by atoms with Gasteiger partial charge in [-0.2, -0.15) is 0 Å². The second-order valence-corrected chi connectivity index (χ2v) is 12.2. The van der Waals surface area contributed by atoms with Crippen LogP contribution in [0.2, 0.25) is 19.6 Å². The summed E-state index contributed by atoms with van der Waals surface area (Å²) >= 11 is 0. The second-order valence-electron chi connectivity index (χ2n) is 7.14. The molecule has 0 fully saturated rings. The minimum Gasteiger partial charge on any atom is -0.0774 e. The summed E-state index contributed by atoms with van der Waals surface area (Å²) in [5.41, 5.74) is 4.50. The van der Waals surface area contributed by atoms with Crippen molar-refractivity contribution in [3.8, 4) is 0 Å². The Morgan fingerprint density at radius 1 is 1.10 bits per heavy atom. The smallest absolute Gasteiger partial charge is 0.0732 e. The molecule has 2 unspecified atom stereocenters. The van der Waals surface area contributed by atoms with Crippen LogP contribution in [0.1, 0.15) is 29.5 Å². The molecule has 104 valence electrons. The molecule has 1 aromatic carbocycles. The lowest BCUT2D eigenvalue weighted by molar-refractivity contribution is 0.790. The van der Waals surface area contributed by atoms with Gasteiger partial charge >= 0.3 is 0 Å². The van der Waals surface area contributed by atoms with Gasteiger partial charge in [0.05, 0.1) is 8.07 Å². The molecular formula is C19H24Si. The topological polar surface area (TPSA) is 0 Å². The predicted molar refractivity (Wildman–Crippen MR) is 91.7 cm³/mol. The number of allylic oxidation sites excluding steroid dienone is 5. The van der Waals surface area contributed by atoms with Crippen LogP contribution in [0.3, 0.4) is 0 Å². The number of fused-ring (bicyclic) bond motifs is 1. The second kappa shape index (κ2) is 4.89. The first-order valence-electron chi connectivity index (χ1n) is 7.65. The molecule has 1 heteroatoms. The van der Waals surface area contributed by atoms with E-state index in [-0.39, 0.29) is 0 Å². The van der Waals surface area contributed by atoms with Crippen LogP contribution in [0.5, 0.6) is 0 Å². The summed E-state index contributed by atoms with van der Waals surface area (Å²) in [5.74, 6) is 1.20. The van der Waals surface area contributed by atoms with Gasteiger partial charge in [0, 0.05) is 0 Å². The van der Waals surface area contributed by atoms with E-state index < -0.39 is 8.07 Å². The highest BCUT2D eigenvalue weighted by Gasteiger charge is 2.28. The Kier molecular flexibility index (Phi) is 3.33. The van der Waals surface area contributed by atoms with Crippen LogP contribution in [-0.2, 0) is 6.42 Å². The molecule has 0 nitrogen and oxygen atoms in total. The van der Waals surface area contributed by atoms with Gasteiger partial charge in [-0.05, 0) is 34.9 Å². The van der Waals surface area contributed by atoms with Crippen LogP contribution in [-0.4, -0.2) is 8.07 Å². The molecule has 2 aliphatic rings.